The van der Waals surface area contributed by atoms with E-state index in [0.29, 0.717) is 24.5 Å². The standard InChI is InChI=1S/C26H29N3O6S2/c1-18-6-7-21(16-19(18)2)28-36(31,32)22-10-8-20(9-11-22)27-26(30)24-17-23(12-13-25(24)35-3)37(33,34)29-14-4-5-15-29/h6-13,16-17,28H,4-5,14-15H2,1-3H3,(H,27,30). The minimum atomic E-state index is -3.84. The highest BCUT2D eigenvalue weighted by Crippen LogP contribution is 2.28. The predicted molar refractivity (Wildman–Crippen MR) is 142 cm³/mol. The van der Waals surface area contributed by atoms with E-state index in [0.717, 1.165) is 24.0 Å². The Kier molecular flexibility index (Phi) is 7.58. The topological polar surface area (TPSA) is 122 Å². The van der Waals surface area contributed by atoms with Gasteiger partial charge in [0.15, 0.2) is 0 Å². The van der Waals surface area contributed by atoms with Crippen molar-refractivity contribution in [1.29, 1.82) is 0 Å². The fourth-order valence-electron chi connectivity index (χ4n) is 4.04. The fraction of sp³-hybridized carbons (Fsp3) is 0.269. The summed E-state index contributed by atoms with van der Waals surface area (Å²) in [4.78, 5) is 13.1. The van der Waals surface area contributed by atoms with Crippen molar-refractivity contribution in [2.24, 2.45) is 0 Å². The van der Waals surface area contributed by atoms with E-state index in [1.54, 1.807) is 12.1 Å². The predicted octanol–water partition coefficient (Wildman–Crippen LogP) is 4.15. The maximum absolute atomic E-state index is 13.0. The molecule has 0 radical (unpaired) electrons. The first kappa shape index (κ1) is 26.6. The number of hydrogen-bond acceptors (Lipinski definition) is 6. The number of nitrogens with zero attached hydrogens (tertiary/aromatic N) is 1. The fourth-order valence-corrected chi connectivity index (χ4v) is 6.63. The third-order valence-electron chi connectivity index (χ3n) is 6.30. The van der Waals surface area contributed by atoms with Gasteiger partial charge >= 0.3 is 0 Å². The zero-order valence-corrected chi connectivity index (χ0v) is 22.4. The Balaban J connectivity index is 1.52. The second-order valence-corrected chi connectivity index (χ2v) is 12.5. The molecule has 2 N–H and O–H groups in total. The number of aryl methyl sites for hydroxylation is 2. The number of ether oxygens (including phenoxy) is 1. The van der Waals surface area contributed by atoms with Crippen molar-refractivity contribution in [3.8, 4) is 5.75 Å². The number of hydrogen-bond donors (Lipinski definition) is 2. The van der Waals surface area contributed by atoms with Crippen LogP contribution in [0.3, 0.4) is 0 Å². The summed E-state index contributed by atoms with van der Waals surface area (Å²) in [5.74, 6) is -0.367. The Labute approximate surface area is 217 Å². The van der Waals surface area contributed by atoms with Gasteiger partial charge in [-0.3, -0.25) is 9.52 Å². The number of anilines is 2. The van der Waals surface area contributed by atoms with Crippen LogP contribution in [0.25, 0.3) is 0 Å². The minimum Gasteiger partial charge on any atom is -0.496 e. The zero-order chi connectivity index (χ0) is 26.8. The molecule has 4 rings (SSSR count). The van der Waals surface area contributed by atoms with Crippen molar-refractivity contribution in [1.82, 2.24) is 4.31 Å². The van der Waals surface area contributed by atoms with Crippen molar-refractivity contribution in [2.45, 2.75) is 36.5 Å². The van der Waals surface area contributed by atoms with Crippen molar-refractivity contribution in [3.63, 3.8) is 0 Å². The molecule has 3 aromatic carbocycles. The van der Waals surface area contributed by atoms with E-state index in [1.807, 2.05) is 19.9 Å². The van der Waals surface area contributed by atoms with Crippen LogP contribution in [0.15, 0.2) is 70.5 Å². The summed E-state index contributed by atoms with van der Waals surface area (Å²) in [6, 6.07) is 15.1. The van der Waals surface area contributed by atoms with Gasteiger partial charge in [-0.25, -0.2) is 16.8 Å². The van der Waals surface area contributed by atoms with Gasteiger partial charge < -0.3 is 10.1 Å². The first-order valence-electron chi connectivity index (χ1n) is 11.7. The molecule has 0 spiro atoms. The molecule has 0 unspecified atom stereocenters. The van der Waals surface area contributed by atoms with Gasteiger partial charge in [-0.2, -0.15) is 4.31 Å². The second kappa shape index (κ2) is 10.5. The summed E-state index contributed by atoms with van der Waals surface area (Å²) < 4.78 is 60.7. The lowest BCUT2D eigenvalue weighted by Gasteiger charge is -2.17. The molecule has 0 bridgehead atoms. The van der Waals surface area contributed by atoms with Gasteiger partial charge in [-0.05, 0) is 92.4 Å². The van der Waals surface area contributed by atoms with Gasteiger partial charge in [0.25, 0.3) is 15.9 Å². The maximum Gasteiger partial charge on any atom is 0.261 e. The van der Waals surface area contributed by atoms with Gasteiger partial charge in [0.1, 0.15) is 5.75 Å². The number of rotatable bonds is 8. The molecule has 0 aromatic heterocycles. The van der Waals surface area contributed by atoms with Crippen molar-refractivity contribution < 1.29 is 26.4 Å². The van der Waals surface area contributed by atoms with Crippen LogP contribution in [0.1, 0.15) is 34.3 Å². The van der Waals surface area contributed by atoms with Crippen LogP contribution in [-0.2, 0) is 20.0 Å². The number of benzene rings is 3. The van der Waals surface area contributed by atoms with Crippen LogP contribution in [0, 0.1) is 13.8 Å². The number of carbonyl (C=O) groups excluding carboxylic acids is 1. The molecule has 37 heavy (non-hydrogen) atoms. The Morgan fingerprint density at radius 1 is 0.811 bits per heavy atom. The molecule has 1 amide bonds. The van der Waals surface area contributed by atoms with Crippen molar-refractivity contribution in [3.05, 3.63) is 77.4 Å². The number of amides is 1. The molecule has 9 nitrogen and oxygen atoms in total. The van der Waals surface area contributed by atoms with E-state index >= 15 is 0 Å². The average molecular weight is 544 g/mol. The van der Waals surface area contributed by atoms with Gasteiger partial charge in [0, 0.05) is 24.5 Å². The summed E-state index contributed by atoms with van der Waals surface area (Å²) in [7, 11) is -6.16. The minimum absolute atomic E-state index is 0.0132. The van der Waals surface area contributed by atoms with E-state index in [9.17, 15) is 21.6 Å². The van der Waals surface area contributed by atoms with Crippen LogP contribution >= 0.6 is 0 Å². The Bertz CT molecular complexity index is 1530. The SMILES string of the molecule is COc1ccc(S(=O)(=O)N2CCCC2)cc1C(=O)Nc1ccc(S(=O)(=O)Nc2ccc(C)c(C)c2)cc1. The Morgan fingerprint density at radius 3 is 2.05 bits per heavy atom. The molecule has 1 fully saturated rings. The molecule has 0 saturated carbocycles. The van der Waals surface area contributed by atoms with E-state index in [1.165, 1.54) is 53.9 Å². The van der Waals surface area contributed by atoms with Crippen molar-refractivity contribution >= 4 is 37.3 Å². The van der Waals surface area contributed by atoms with Gasteiger partial charge in [-0.1, -0.05) is 6.07 Å². The highest BCUT2D eigenvalue weighted by molar-refractivity contribution is 7.92. The summed E-state index contributed by atoms with van der Waals surface area (Å²) in [6.07, 6.45) is 1.60. The molecular formula is C26H29N3O6S2. The van der Waals surface area contributed by atoms with Crippen LogP contribution in [0.2, 0.25) is 0 Å². The number of carbonyl (C=O) groups is 1. The van der Waals surface area contributed by atoms with Gasteiger partial charge in [0.2, 0.25) is 10.0 Å². The number of nitrogens with one attached hydrogen (secondary N) is 2. The van der Waals surface area contributed by atoms with Crippen LogP contribution in [0.4, 0.5) is 11.4 Å². The molecule has 1 aliphatic rings. The molecule has 1 aliphatic heterocycles. The highest BCUT2D eigenvalue weighted by atomic mass is 32.2. The Hall–Kier alpha value is -3.41. The molecule has 0 atom stereocenters. The molecule has 1 saturated heterocycles. The number of sulfonamides is 2. The lowest BCUT2D eigenvalue weighted by atomic mass is 10.1. The monoisotopic (exact) mass is 543 g/mol. The first-order chi connectivity index (χ1) is 17.5. The van der Waals surface area contributed by atoms with Gasteiger partial charge in [-0.15, -0.1) is 0 Å². The van der Waals surface area contributed by atoms with Crippen molar-refractivity contribution in [2.75, 3.05) is 30.2 Å². The van der Waals surface area contributed by atoms with E-state index in [2.05, 4.69) is 10.0 Å². The van der Waals surface area contributed by atoms with E-state index < -0.39 is 26.0 Å². The molecular weight excluding hydrogens is 514 g/mol. The van der Waals surface area contributed by atoms with Crippen LogP contribution in [0.5, 0.6) is 5.75 Å². The quantitative estimate of drug-likeness (QED) is 0.440. The van der Waals surface area contributed by atoms with Crippen LogP contribution < -0.4 is 14.8 Å². The third kappa shape index (κ3) is 5.79. The van der Waals surface area contributed by atoms with Crippen LogP contribution in [-0.4, -0.2) is 47.2 Å². The van der Waals surface area contributed by atoms with E-state index in [-0.39, 0.29) is 21.1 Å². The third-order valence-corrected chi connectivity index (χ3v) is 9.59. The first-order valence-corrected chi connectivity index (χ1v) is 14.6. The maximum atomic E-state index is 13.0. The zero-order valence-electron chi connectivity index (χ0n) is 20.8. The molecule has 11 heteroatoms. The summed E-state index contributed by atoms with van der Waals surface area (Å²) >= 11 is 0. The average Bonchev–Trinajstić information content (AvgIpc) is 3.42. The molecule has 1 heterocycles. The molecule has 196 valence electrons. The lowest BCUT2D eigenvalue weighted by molar-refractivity contribution is 0.102. The smallest absolute Gasteiger partial charge is 0.261 e. The van der Waals surface area contributed by atoms with E-state index in [4.69, 9.17) is 4.74 Å². The van der Waals surface area contributed by atoms with Gasteiger partial charge in [0.05, 0.1) is 22.5 Å². The molecule has 3 aromatic rings. The number of methoxy groups -OCH3 is 1. The summed E-state index contributed by atoms with van der Waals surface area (Å²) in [5, 5.41) is 2.68. The Morgan fingerprint density at radius 2 is 1.43 bits per heavy atom. The highest BCUT2D eigenvalue weighted by Gasteiger charge is 2.28. The summed E-state index contributed by atoms with van der Waals surface area (Å²) in [6.45, 7) is 4.74. The lowest BCUT2D eigenvalue weighted by Crippen LogP contribution is -2.28. The summed E-state index contributed by atoms with van der Waals surface area (Å²) in [5.41, 5.74) is 2.86. The second-order valence-electron chi connectivity index (χ2n) is 8.86. The molecule has 0 aliphatic carbocycles. The largest absolute Gasteiger partial charge is 0.496 e. The normalized spacial score (nSPS) is 14.4.